The van der Waals surface area contributed by atoms with E-state index in [1.54, 1.807) is 30.5 Å². The minimum absolute atomic E-state index is 0.187. The number of hydrogen-bond donors (Lipinski definition) is 1. The Kier molecular flexibility index (Phi) is 4.23. The van der Waals surface area contributed by atoms with Crippen LogP contribution in [-0.4, -0.2) is 17.4 Å². The highest BCUT2D eigenvalue weighted by Crippen LogP contribution is 2.19. The fourth-order valence-corrected chi connectivity index (χ4v) is 1.70. The molecule has 0 unspecified atom stereocenters. The third-order valence-corrected chi connectivity index (χ3v) is 2.69. The van der Waals surface area contributed by atoms with Gasteiger partial charge in [0, 0.05) is 18.3 Å². The number of nitrogens with zero attached hydrogens (tertiary/aromatic N) is 1. The van der Waals surface area contributed by atoms with Gasteiger partial charge in [-0.25, -0.2) is 4.39 Å². The van der Waals surface area contributed by atoms with Gasteiger partial charge < -0.3 is 5.32 Å². The van der Waals surface area contributed by atoms with Crippen LogP contribution in [0.25, 0.3) is 11.1 Å². The molecule has 98 valence electrons. The first-order chi connectivity index (χ1) is 9.20. The molecule has 2 rings (SSSR count). The van der Waals surface area contributed by atoms with Gasteiger partial charge in [-0.05, 0) is 30.2 Å². The average Bonchev–Trinajstić information content (AvgIpc) is 2.45. The van der Waals surface area contributed by atoms with Crippen LogP contribution in [0, 0.1) is 5.82 Å². The molecule has 0 saturated heterocycles. The summed E-state index contributed by atoms with van der Waals surface area (Å²) in [5.41, 5.74) is 1.90. The number of nitrogens with one attached hydrogen (secondary N) is 1. The van der Waals surface area contributed by atoms with Crippen molar-refractivity contribution in [2.45, 2.75) is 13.3 Å². The van der Waals surface area contributed by atoms with Gasteiger partial charge in [0.2, 0.25) is 0 Å². The predicted octanol–water partition coefficient (Wildman–Crippen LogP) is 3.03. The predicted molar refractivity (Wildman–Crippen MR) is 72.3 cm³/mol. The number of hydrogen-bond acceptors (Lipinski definition) is 2. The van der Waals surface area contributed by atoms with Gasteiger partial charge in [-0.1, -0.05) is 25.1 Å². The van der Waals surface area contributed by atoms with Gasteiger partial charge in [0.15, 0.2) is 0 Å². The van der Waals surface area contributed by atoms with Crippen LogP contribution in [0.4, 0.5) is 4.39 Å². The number of carbonyl (C=O) groups is 1. The third-order valence-electron chi connectivity index (χ3n) is 2.69. The summed E-state index contributed by atoms with van der Waals surface area (Å²) in [6.07, 6.45) is 2.46. The number of benzene rings is 1. The van der Waals surface area contributed by atoms with E-state index < -0.39 is 0 Å². The third kappa shape index (κ3) is 3.37. The van der Waals surface area contributed by atoms with Crippen molar-refractivity contribution >= 4 is 5.91 Å². The summed E-state index contributed by atoms with van der Waals surface area (Å²) in [5.74, 6) is -0.477. The van der Waals surface area contributed by atoms with E-state index in [1.807, 2.05) is 6.92 Å². The Morgan fingerprint density at radius 1 is 1.26 bits per heavy atom. The van der Waals surface area contributed by atoms with Crippen LogP contribution in [0.1, 0.15) is 23.8 Å². The van der Waals surface area contributed by atoms with Crippen LogP contribution in [-0.2, 0) is 0 Å². The minimum Gasteiger partial charge on any atom is -0.351 e. The highest BCUT2D eigenvalue weighted by atomic mass is 19.1. The summed E-state index contributed by atoms with van der Waals surface area (Å²) in [6, 6.07) is 9.69. The fourth-order valence-electron chi connectivity index (χ4n) is 1.70. The summed E-state index contributed by atoms with van der Waals surface area (Å²) < 4.78 is 13.1. The van der Waals surface area contributed by atoms with Gasteiger partial charge in [-0.2, -0.15) is 0 Å². The highest BCUT2D eigenvalue weighted by Gasteiger charge is 2.06. The lowest BCUT2D eigenvalue weighted by Gasteiger charge is -2.04. The molecule has 0 bridgehead atoms. The van der Waals surface area contributed by atoms with E-state index in [4.69, 9.17) is 0 Å². The smallest absolute Gasteiger partial charge is 0.269 e. The monoisotopic (exact) mass is 258 g/mol. The van der Waals surface area contributed by atoms with Gasteiger partial charge in [-0.3, -0.25) is 9.78 Å². The van der Waals surface area contributed by atoms with Gasteiger partial charge >= 0.3 is 0 Å². The molecule has 0 radical (unpaired) electrons. The lowest BCUT2D eigenvalue weighted by molar-refractivity contribution is 0.0948. The SMILES string of the molecule is CCCNC(=O)c1ccc(-c2cccc(F)c2)cn1. The van der Waals surface area contributed by atoms with Gasteiger partial charge in [-0.15, -0.1) is 0 Å². The Morgan fingerprint density at radius 2 is 2.11 bits per heavy atom. The molecule has 0 aliphatic carbocycles. The van der Waals surface area contributed by atoms with Gasteiger partial charge in [0.25, 0.3) is 5.91 Å². The zero-order valence-electron chi connectivity index (χ0n) is 10.7. The van der Waals surface area contributed by atoms with E-state index in [2.05, 4.69) is 10.3 Å². The van der Waals surface area contributed by atoms with Crippen molar-refractivity contribution in [2.24, 2.45) is 0 Å². The standard InChI is InChI=1S/C15H15FN2O/c1-2-8-17-15(19)14-7-6-12(10-18-14)11-4-3-5-13(16)9-11/h3-7,9-10H,2,8H2,1H3,(H,17,19). The van der Waals surface area contributed by atoms with Crippen LogP contribution in [0.2, 0.25) is 0 Å². The molecule has 1 aromatic carbocycles. The Morgan fingerprint density at radius 3 is 2.74 bits per heavy atom. The molecule has 19 heavy (non-hydrogen) atoms. The van der Waals surface area contributed by atoms with Gasteiger partial charge in [0.1, 0.15) is 11.5 Å². The van der Waals surface area contributed by atoms with Crippen LogP contribution in [0.5, 0.6) is 0 Å². The Hall–Kier alpha value is -2.23. The van der Waals surface area contributed by atoms with Crippen molar-refractivity contribution < 1.29 is 9.18 Å². The molecule has 4 heteroatoms. The molecule has 0 atom stereocenters. The van der Waals surface area contributed by atoms with E-state index in [-0.39, 0.29) is 11.7 Å². The molecule has 3 nitrogen and oxygen atoms in total. The quantitative estimate of drug-likeness (QED) is 0.915. The molecule has 2 aromatic rings. The summed E-state index contributed by atoms with van der Waals surface area (Å²) in [6.45, 7) is 2.62. The first-order valence-electron chi connectivity index (χ1n) is 6.21. The Balaban J connectivity index is 2.16. The molecular weight excluding hydrogens is 243 g/mol. The second-order valence-electron chi connectivity index (χ2n) is 4.20. The van der Waals surface area contributed by atoms with E-state index in [1.165, 1.54) is 12.1 Å². The number of aromatic nitrogens is 1. The van der Waals surface area contributed by atoms with Crippen molar-refractivity contribution in [3.8, 4) is 11.1 Å². The summed E-state index contributed by atoms with van der Waals surface area (Å²) in [7, 11) is 0. The fraction of sp³-hybridized carbons (Fsp3) is 0.200. The Bertz CT molecular complexity index is 567. The Labute approximate surface area is 111 Å². The largest absolute Gasteiger partial charge is 0.351 e. The summed E-state index contributed by atoms with van der Waals surface area (Å²) in [5, 5.41) is 2.76. The van der Waals surface area contributed by atoms with Crippen LogP contribution in [0.3, 0.4) is 0 Å². The molecule has 1 N–H and O–H groups in total. The maximum absolute atomic E-state index is 13.1. The molecule has 0 saturated carbocycles. The molecule has 0 spiro atoms. The highest BCUT2D eigenvalue weighted by molar-refractivity contribution is 5.92. The summed E-state index contributed by atoms with van der Waals surface area (Å²) >= 11 is 0. The second kappa shape index (κ2) is 6.09. The molecule has 0 aliphatic heterocycles. The maximum Gasteiger partial charge on any atom is 0.269 e. The number of amides is 1. The molecule has 0 fully saturated rings. The van der Waals surface area contributed by atoms with E-state index >= 15 is 0 Å². The summed E-state index contributed by atoms with van der Waals surface area (Å²) in [4.78, 5) is 15.8. The lowest BCUT2D eigenvalue weighted by Crippen LogP contribution is -2.24. The molecule has 0 aliphatic rings. The van der Waals surface area contributed by atoms with Crippen LogP contribution >= 0.6 is 0 Å². The normalized spacial score (nSPS) is 10.2. The molecule has 1 amide bonds. The number of carbonyl (C=O) groups excluding carboxylic acids is 1. The minimum atomic E-state index is -0.290. The first kappa shape index (κ1) is 13.2. The van der Waals surface area contributed by atoms with Crippen molar-refractivity contribution in [2.75, 3.05) is 6.54 Å². The number of pyridine rings is 1. The topological polar surface area (TPSA) is 42.0 Å². The van der Waals surface area contributed by atoms with Crippen molar-refractivity contribution in [3.63, 3.8) is 0 Å². The van der Waals surface area contributed by atoms with Crippen molar-refractivity contribution in [3.05, 3.63) is 54.1 Å². The first-order valence-corrected chi connectivity index (χ1v) is 6.21. The van der Waals surface area contributed by atoms with E-state index in [0.717, 1.165) is 17.5 Å². The van der Waals surface area contributed by atoms with Gasteiger partial charge in [0.05, 0.1) is 0 Å². The van der Waals surface area contributed by atoms with Crippen LogP contribution in [0.15, 0.2) is 42.6 Å². The average molecular weight is 258 g/mol. The zero-order chi connectivity index (χ0) is 13.7. The maximum atomic E-state index is 13.1. The number of rotatable bonds is 4. The van der Waals surface area contributed by atoms with Crippen molar-refractivity contribution in [1.82, 2.24) is 10.3 Å². The van der Waals surface area contributed by atoms with Crippen molar-refractivity contribution in [1.29, 1.82) is 0 Å². The lowest BCUT2D eigenvalue weighted by atomic mass is 10.1. The molecule has 1 heterocycles. The van der Waals surface area contributed by atoms with Crippen LogP contribution < -0.4 is 5.32 Å². The second-order valence-corrected chi connectivity index (χ2v) is 4.20. The number of halogens is 1. The molecule has 1 aromatic heterocycles. The van der Waals surface area contributed by atoms with E-state index in [0.29, 0.717) is 12.2 Å². The van der Waals surface area contributed by atoms with E-state index in [9.17, 15) is 9.18 Å². The zero-order valence-corrected chi connectivity index (χ0v) is 10.7. The molecular formula is C15H15FN2O.